The Kier molecular flexibility index (Phi) is 2.78. The van der Waals surface area contributed by atoms with Crippen molar-refractivity contribution < 1.29 is 0 Å². The van der Waals surface area contributed by atoms with E-state index in [-0.39, 0.29) is 0 Å². The van der Waals surface area contributed by atoms with Crippen molar-refractivity contribution in [3.63, 3.8) is 0 Å². The van der Waals surface area contributed by atoms with Crippen LogP contribution in [0.5, 0.6) is 0 Å². The number of aromatic nitrogens is 2. The summed E-state index contributed by atoms with van der Waals surface area (Å²) >= 11 is 1.49. The van der Waals surface area contributed by atoms with E-state index in [4.69, 9.17) is 5.73 Å². The molecule has 0 radical (unpaired) electrons. The van der Waals surface area contributed by atoms with Crippen LogP contribution in [0.25, 0.3) is 21.7 Å². The topological polar surface area (TPSA) is 51.8 Å². The fraction of sp³-hybridized carbons (Fsp3) is 0. The summed E-state index contributed by atoms with van der Waals surface area (Å²) in [5.74, 6) is 0. The summed E-state index contributed by atoms with van der Waals surface area (Å²) in [4.78, 5) is 9.63. The van der Waals surface area contributed by atoms with Crippen LogP contribution in [0.2, 0.25) is 0 Å². The molecule has 0 spiro atoms. The molecule has 0 bridgehead atoms. The maximum absolute atomic E-state index is 5.84. The number of rotatable bonds is 2. The second-order valence-electron chi connectivity index (χ2n) is 3.84. The zero-order valence-corrected chi connectivity index (χ0v) is 10.4. The number of benzene rings is 1. The average molecular weight is 253 g/mol. The Morgan fingerprint density at radius 3 is 2.44 bits per heavy atom. The maximum Gasteiger partial charge on any atom is 0.181 e. The van der Waals surface area contributed by atoms with Crippen molar-refractivity contribution >= 4 is 16.5 Å². The molecule has 0 aliphatic rings. The molecule has 0 fully saturated rings. The van der Waals surface area contributed by atoms with E-state index in [1.54, 1.807) is 6.20 Å². The smallest absolute Gasteiger partial charge is 0.181 e. The Balaban J connectivity index is 2.17. The highest BCUT2D eigenvalue weighted by molar-refractivity contribution is 7.19. The first-order valence-electron chi connectivity index (χ1n) is 5.57. The van der Waals surface area contributed by atoms with Crippen LogP contribution in [-0.4, -0.2) is 9.97 Å². The van der Waals surface area contributed by atoms with Crippen molar-refractivity contribution in [3.8, 4) is 21.7 Å². The number of nitrogens with zero attached hydrogens (tertiary/aromatic N) is 2. The predicted molar refractivity (Wildman–Crippen MR) is 75.2 cm³/mol. The lowest BCUT2D eigenvalue weighted by Crippen LogP contribution is -1.84. The van der Waals surface area contributed by atoms with E-state index < -0.39 is 0 Å². The van der Waals surface area contributed by atoms with Crippen LogP contribution in [0.1, 0.15) is 0 Å². The Morgan fingerprint density at radius 1 is 0.944 bits per heavy atom. The van der Waals surface area contributed by atoms with E-state index in [0.29, 0.717) is 5.13 Å². The third-order valence-corrected chi connectivity index (χ3v) is 3.55. The Labute approximate surface area is 109 Å². The van der Waals surface area contributed by atoms with Crippen LogP contribution in [0.15, 0.2) is 54.9 Å². The first-order valence-corrected chi connectivity index (χ1v) is 6.38. The summed E-state index contributed by atoms with van der Waals surface area (Å²) in [6.45, 7) is 0. The first kappa shape index (κ1) is 10.9. The standard InChI is InChI=1S/C14H11N3S/c15-14-17-12(10-5-2-1-3-6-10)13(18-14)11-7-4-8-16-9-11/h1-9H,(H2,15,17). The Morgan fingerprint density at radius 2 is 1.72 bits per heavy atom. The molecule has 3 aromatic rings. The van der Waals surface area contributed by atoms with Gasteiger partial charge in [0.25, 0.3) is 0 Å². The van der Waals surface area contributed by atoms with Gasteiger partial charge in [0.05, 0.1) is 10.6 Å². The summed E-state index contributed by atoms with van der Waals surface area (Å²) in [5, 5.41) is 0.577. The first-order chi connectivity index (χ1) is 8.84. The van der Waals surface area contributed by atoms with Gasteiger partial charge in [-0.3, -0.25) is 4.98 Å². The minimum absolute atomic E-state index is 0.577. The van der Waals surface area contributed by atoms with E-state index in [1.807, 2.05) is 48.7 Å². The molecule has 2 heterocycles. The minimum Gasteiger partial charge on any atom is -0.375 e. The fourth-order valence-electron chi connectivity index (χ4n) is 1.82. The molecular weight excluding hydrogens is 242 g/mol. The van der Waals surface area contributed by atoms with Gasteiger partial charge in [-0.05, 0) is 6.07 Å². The fourth-order valence-corrected chi connectivity index (χ4v) is 2.67. The predicted octanol–water partition coefficient (Wildman–Crippen LogP) is 3.45. The molecule has 0 amide bonds. The van der Waals surface area contributed by atoms with Crippen molar-refractivity contribution in [2.45, 2.75) is 0 Å². The highest BCUT2D eigenvalue weighted by atomic mass is 32.1. The minimum atomic E-state index is 0.577. The third kappa shape index (κ3) is 1.98. The summed E-state index contributed by atoms with van der Waals surface area (Å²) in [6, 6.07) is 14.0. The van der Waals surface area contributed by atoms with Gasteiger partial charge >= 0.3 is 0 Å². The van der Waals surface area contributed by atoms with E-state index in [1.165, 1.54) is 11.3 Å². The van der Waals surface area contributed by atoms with Gasteiger partial charge in [-0.25, -0.2) is 4.98 Å². The number of thiazole rings is 1. The van der Waals surface area contributed by atoms with Gasteiger partial charge in [0.1, 0.15) is 0 Å². The molecule has 0 atom stereocenters. The van der Waals surface area contributed by atoms with Crippen molar-refractivity contribution in [3.05, 3.63) is 54.9 Å². The molecule has 3 nitrogen and oxygen atoms in total. The lowest BCUT2D eigenvalue weighted by molar-refractivity contribution is 1.33. The second kappa shape index (κ2) is 4.58. The van der Waals surface area contributed by atoms with E-state index in [9.17, 15) is 0 Å². The number of hydrogen-bond donors (Lipinski definition) is 1. The number of pyridine rings is 1. The Bertz CT molecular complexity index is 590. The molecule has 0 aliphatic heterocycles. The molecule has 0 saturated carbocycles. The summed E-state index contributed by atoms with van der Waals surface area (Å²) in [5.41, 5.74) is 8.88. The van der Waals surface area contributed by atoms with Crippen molar-refractivity contribution in [1.29, 1.82) is 0 Å². The van der Waals surface area contributed by atoms with E-state index in [2.05, 4.69) is 9.97 Å². The molecule has 1 aromatic carbocycles. The normalized spacial score (nSPS) is 10.4. The lowest BCUT2D eigenvalue weighted by atomic mass is 10.1. The molecular formula is C14H11N3S. The van der Waals surface area contributed by atoms with Gasteiger partial charge < -0.3 is 5.73 Å². The largest absolute Gasteiger partial charge is 0.375 e. The lowest BCUT2D eigenvalue weighted by Gasteiger charge is -2.01. The molecule has 2 N–H and O–H groups in total. The van der Waals surface area contributed by atoms with Crippen LogP contribution in [-0.2, 0) is 0 Å². The van der Waals surface area contributed by atoms with Gasteiger partial charge in [-0.15, -0.1) is 0 Å². The zero-order valence-electron chi connectivity index (χ0n) is 9.58. The average Bonchev–Trinajstić information content (AvgIpc) is 2.83. The molecule has 2 aromatic heterocycles. The number of nitrogen functional groups attached to an aromatic ring is 1. The quantitative estimate of drug-likeness (QED) is 0.761. The van der Waals surface area contributed by atoms with Crippen LogP contribution in [0, 0.1) is 0 Å². The maximum atomic E-state index is 5.84. The van der Waals surface area contributed by atoms with Gasteiger partial charge in [0.15, 0.2) is 5.13 Å². The molecule has 88 valence electrons. The second-order valence-corrected chi connectivity index (χ2v) is 4.87. The van der Waals surface area contributed by atoms with Crippen molar-refractivity contribution in [2.75, 3.05) is 5.73 Å². The monoisotopic (exact) mass is 253 g/mol. The van der Waals surface area contributed by atoms with Gasteiger partial charge in [0.2, 0.25) is 0 Å². The molecule has 0 aliphatic carbocycles. The summed E-state index contributed by atoms with van der Waals surface area (Å²) in [6.07, 6.45) is 3.59. The molecule has 3 rings (SSSR count). The van der Waals surface area contributed by atoms with E-state index in [0.717, 1.165) is 21.7 Å². The highest BCUT2D eigenvalue weighted by Gasteiger charge is 2.13. The van der Waals surface area contributed by atoms with Gasteiger partial charge in [-0.2, -0.15) is 0 Å². The number of anilines is 1. The SMILES string of the molecule is Nc1nc(-c2ccccc2)c(-c2cccnc2)s1. The summed E-state index contributed by atoms with van der Waals surface area (Å²) in [7, 11) is 0. The molecule has 18 heavy (non-hydrogen) atoms. The van der Waals surface area contributed by atoms with Crippen molar-refractivity contribution in [1.82, 2.24) is 9.97 Å². The van der Waals surface area contributed by atoms with Crippen molar-refractivity contribution in [2.24, 2.45) is 0 Å². The third-order valence-electron chi connectivity index (χ3n) is 2.61. The van der Waals surface area contributed by atoms with Crippen LogP contribution in [0.3, 0.4) is 0 Å². The van der Waals surface area contributed by atoms with Gasteiger partial charge in [0, 0.05) is 23.5 Å². The zero-order chi connectivity index (χ0) is 12.4. The van der Waals surface area contributed by atoms with Crippen LogP contribution >= 0.6 is 11.3 Å². The van der Waals surface area contributed by atoms with Crippen LogP contribution < -0.4 is 5.73 Å². The Hall–Kier alpha value is -2.20. The number of nitrogens with two attached hydrogens (primary N) is 1. The van der Waals surface area contributed by atoms with E-state index >= 15 is 0 Å². The summed E-state index contributed by atoms with van der Waals surface area (Å²) < 4.78 is 0. The van der Waals surface area contributed by atoms with Crippen LogP contribution in [0.4, 0.5) is 5.13 Å². The van der Waals surface area contributed by atoms with Gasteiger partial charge in [-0.1, -0.05) is 47.7 Å². The molecule has 0 unspecified atom stereocenters. The highest BCUT2D eigenvalue weighted by Crippen LogP contribution is 2.37. The number of hydrogen-bond acceptors (Lipinski definition) is 4. The molecule has 4 heteroatoms. The molecule has 0 saturated heterocycles.